The Balaban J connectivity index is 1.78. The van der Waals surface area contributed by atoms with Crippen LogP contribution in [0.15, 0.2) is 48.8 Å². The molecule has 0 saturated heterocycles. The number of nitrogens with zero attached hydrogens (tertiary/aromatic N) is 2. The molecule has 3 aromatic rings. The first-order valence-electron chi connectivity index (χ1n) is 8.85. The predicted molar refractivity (Wildman–Crippen MR) is 105 cm³/mol. The van der Waals surface area contributed by atoms with Crippen LogP contribution >= 0.6 is 0 Å². The first-order chi connectivity index (χ1) is 12.8. The summed E-state index contributed by atoms with van der Waals surface area (Å²) in [5.41, 5.74) is 1.73. The van der Waals surface area contributed by atoms with Crippen LogP contribution in [-0.2, 0) is 0 Å². The third kappa shape index (κ3) is 4.16. The van der Waals surface area contributed by atoms with E-state index < -0.39 is 5.41 Å². The number of Topliss-reactive ketones (excluding diaryl/α,β-unsaturated/α-hetero) is 1. The average Bonchev–Trinajstić information content (AvgIpc) is 3.04. The van der Waals surface area contributed by atoms with Gasteiger partial charge in [0.2, 0.25) is 0 Å². The minimum Gasteiger partial charge on any atom is -0.494 e. The van der Waals surface area contributed by atoms with Crippen molar-refractivity contribution in [3.63, 3.8) is 0 Å². The van der Waals surface area contributed by atoms with E-state index in [1.54, 1.807) is 53.2 Å². The Labute approximate surface area is 158 Å². The highest BCUT2D eigenvalue weighted by atomic mass is 16.5. The topological polar surface area (TPSA) is 72.7 Å². The van der Waals surface area contributed by atoms with E-state index in [2.05, 4.69) is 10.3 Å². The zero-order valence-corrected chi connectivity index (χ0v) is 15.9. The Bertz CT molecular complexity index is 982. The minimum atomic E-state index is -0.497. The van der Waals surface area contributed by atoms with Gasteiger partial charge in [0.15, 0.2) is 5.78 Å². The number of fused-ring (bicyclic) bond motifs is 1. The van der Waals surface area contributed by atoms with E-state index in [-0.39, 0.29) is 11.7 Å². The lowest BCUT2D eigenvalue weighted by atomic mass is 9.89. The number of ether oxygens (including phenoxy) is 1. The van der Waals surface area contributed by atoms with Gasteiger partial charge in [-0.15, -0.1) is 0 Å². The van der Waals surface area contributed by atoms with Gasteiger partial charge in [-0.05, 0) is 43.3 Å². The van der Waals surface area contributed by atoms with Crippen LogP contribution in [0, 0.1) is 5.41 Å². The maximum atomic E-state index is 12.4. The number of ketones is 1. The molecule has 6 nitrogen and oxygen atoms in total. The third-order valence-electron chi connectivity index (χ3n) is 4.05. The maximum Gasteiger partial charge on any atom is 0.255 e. The molecule has 27 heavy (non-hydrogen) atoms. The lowest BCUT2D eigenvalue weighted by Crippen LogP contribution is -2.20. The number of amides is 1. The van der Waals surface area contributed by atoms with Gasteiger partial charge in [-0.1, -0.05) is 20.8 Å². The van der Waals surface area contributed by atoms with Crippen LogP contribution in [0.3, 0.4) is 0 Å². The predicted octanol–water partition coefficient (Wildman–Crippen LogP) is 4.21. The average molecular weight is 365 g/mol. The number of imidazole rings is 1. The number of hydrogen-bond acceptors (Lipinski definition) is 4. The molecule has 6 heteroatoms. The number of carbonyl (C=O) groups excluding carboxylic acids is 2. The normalized spacial score (nSPS) is 11.4. The lowest BCUT2D eigenvalue weighted by molar-refractivity contribution is 0.0853. The molecule has 2 heterocycles. The Kier molecular flexibility index (Phi) is 4.99. The highest BCUT2D eigenvalue weighted by Gasteiger charge is 2.25. The van der Waals surface area contributed by atoms with E-state index in [9.17, 15) is 9.59 Å². The molecule has 2 aromatic heterocycles. The lowest BCUT2D eigenvalue weighted by Gasteiger charge is -2.13. The summed E-state index contributed by atoms with van der Waals surface area (Å²) in [5.74, 6) is 0.486. The first-order valence-corrected chi connectivity index (χ1v) is 8.85. The van der Waals surface area contributed by atoms with Gasteiger partial charge < -0.3 is 14.5 Å². The van der Waals surface area contributed by atoms with Crippen LogP contribution in [0.25, 0.3) is 5.65 Å². The Hall–Kier alpha value is -3.15. The molecular weight excluding hydrogens is 342 g/mol. The van der Waals surface area contributed by atoms with E-state index in [0.29, 0.717) is 29.2 Å². The van der Waals surface area contributed by atoms with Crippen LogP contribution < -0.4 is 10.1 Å². The molecule has 0 aliphatic heterocycles. The van der Waals surface area contributed by atoms with Gasteiger partial charge in [0.25, 0.3) is 5.91 Å². The zero-order chi connectivity index (χ0) is 19.6. The van der Waals surface area contributed by atoms with Crippen molar-refractivity contribution in [2.45, 2.75) is 27.7 Å². The fraction of sp³-hybridized carbons (Fsp3) is 0.286. The number of benzene rings is 1. The van der Waals surface area contributed by atoms with Gasteiger partial charge in [-0.3, -0.25) is 9.59 Å². The van der Waals surface area contributed by atoms with Gasteiger partial charge in [-0.25, -0.2) is 4.98 Å². The number of nitrogens with one attached hydrogen (secondary N) is 1. The SMILES string of the molecule is CCOc1ccc(C(=O)Nc2ccc3nc(C(=O)C(C)(C)C)cn3c2)cc1. The van der Waals surface area contributed by atoms with E-state index >= 15 is 0 Å². The van der Waals surface area contributed by atoms with Crippen molar-refractivity contribution < 1.29 is 14.3 Å². The zero-order valence-electron chi connectivity index (χ0n) is 15.9. The van der Waals surface area contributed by atoms with Gasteiger partial charge in [0.05, 0.1) is 12.3 Å². The second-order valence-corrected chi connectivity index (χ2v) is 7.30. The number of rotatable bonds is 5. The van der Waals surface area contributed by atoms with Crippen LogP contribution in [0.5, 0.6) is 5.75 Å². The number of anilines is 1. The van der Waals surface area contributed by atoms with Gasteiger partial charge in [0, 0.05) is 23.4 Å². The second-order valence-electron chi connectivity index (χ2n) is 7.30. The largest absolute Gasteiger partial charge is 0.494 e. The summed E-state index contributed by atoms with van der Waals surface area (Å²) < 4.78 is 7.13. The van der Waals surface area contributed by atoms with Crippen LogP contribution in [0.2, 0.25) is 0 Å². The van der Waals surface area contributed by atoms with Gasteiger partial charge in [0.1, 0.15) is 17.1 Å². The summed E-state index contributed by atoms with van der Waals surface area (Å²) >= 11 is 0. The molecule has 1 amide bonds. The van der Waals surface area contributed by atoms with E-state index in [0.717, 1.165) is 5.75 Å². The van der Waals surface area contributed by atoms with Crippen molar-refractivity contribution in [2.24, 2.45) is 5.41 Å². The highest BCUT2D eigenvalue weighted by molar-refractivity contribution is 6.04. The van der Waals surface area contributed by atoms with Crippen molar-refractivity contribution in [3.8, 4) is 5.75 Å². The Morgan fingerprint density at radius 1 is 1.07 bits per heavy atom. The quantitative estimate of drug-likeness (QED) is 0.687. The monoisotopic (exact) mass is 365 g/mol. The van der Waals surface area contributed by atoms with Crippen LogP contribution in [0.1, 0.15) is 48.5 Å². The van der Waals surface area contributed by atoms with Crippen LogP contribution in [-0.4, -0.2) is 27.7 Å². The molecule has 1 N–H and O–H groups in total. The fourth-order valence-corrected chi connectivity index (χ4v) is 2.63. The van der Waals surface area contributed by atoms with E-state index in [1.165, 1.54) is 0 Å². The van der Waals surface area contributed by atoms with Crippen molar-refractivity contribution >= 4 is 23.0 Å². The second kappa shape index (κ2) is 7.23. The number of carbonyl (C=O) groups is 2. The maximum absolute atomic E-state index is 12.4. The van der Waals surface area contributed by atoms with Crippen LogP contribution in [0.4, 0.5) is 5.69 Å². The molecule has 0 fully saturated rings. The van der Waals surface area contributed by atoms with Crippen molar-refractivity contribution in [2.75, 3.05) is 11.9 Å². The smallest absolute Gasteiger partial charge is 0.255 e. The molecule has 3 rings (SSSR count). The molecule has 0 radical (unpaired) electrons. The third-order valence-corrected chi connectivity index (χ3v) is 4.05. The summed E-state index contributed by atoms with van der Waals surface area (Å²) in [6.45, 7) is 8.08. The number of aromatic nitrogens is 2. The van der Waals surface area contributed by atoms with Gasteiger partial charge >= 0.3 is 0 Å². The van der Waals surface area contributed by atoms with Gasteiger partial charge in [-0.2, -0.15) is 0 Å². The first kappa shape index (κ1) is 18.6. The summed E-state index contributed by atoms with van der Waals surface area (Å²) in [6.07, 6.45) is 3.43. The number of pyridine rings is 1. The molecular formula is C21H23N3O3. The molecule has 140 valence electrons. The highest BCUT2D eigenvalue weighted by Crippen LogP contribution is 2.21. The summed E-state index contributed by atoms with van der Waals surface area (Å²) in [7, 11) is 0. The Morgan fingerprint density at radius 2 is 1.78 bits per heavy atom. The van der Waals surface area contributed by atoms with Crippen molar-refractivity contribution in [1.29, 1.82) is 0 Å². The molecule has 0 spiro atoms. The fourth-order valence-electron chi connectivity index (χ4n) is 2.63. The minimum absolute atomic E-state index is 0.0221. The molecule has 0 atom stereocenters. The molecule has 1 aromatic carbocycles. The molecule has 0 aliphatic rings. The van der Waals surface area contributed by atoms with E-state index in [1.807, 2.05) is 27.7 Å². The standard InChI is InChI=1S/C21H23N3O3/c1-5-27-16-9-6-14(7-10-16)20(26)22-15-8-11-18-23-17(13-24(18)12-15)19(25)21(2,3)4/h6-13H,5H2,1-4H3,(H,22,26). The summed E-state index contributed by atoms with van der Waals surface area (Å²) in [6, 6.07) is 10.5. The number of hydrogen-bond donors (Lipinski definition) is 1. The van der Waals surface area contributed by atoms with E-state index in [4.69, 9.17) is 4.74 Å². The molecule has 0 unspecified atom stereocenters. The molecule has 0 bridgehead atoms. The molecule has 0 saturated carbocycles. The summed E-state index contributed by atoms with van der Waals surface area (Å²) in [5, 5.41) is 2.86. The van der Waals surface area contributed by atoms with Crippen molar-refractivity contribution in [1.82, 2.24) is 9.38 Å². The summed E-state index contributed by atoms with van der Waals surface area (Å²) in [4.78, 5) is 29.2. The van der Waals surface area contributed by atoms with Crippen molar-refractivity contribution in [3.05, 3.63) is 60.0 Å². The molecule has 0 aliphatic carbocycles. The Morgan fingerprint density at radius 3 is 2.41 bits per heavy atom.